The number of hydrogen-bond donors (Lipinski definition) is 0. The summed E-state index contributed by atoms with van der Waals surface area (Å²) in [4.78, 5) is 22.8. The van der Waals surface area contributed by atoms with Crippen LogP contribution in [-0.2, 0) is 33.0 Å². The Morgan fingerprint density at radius 2 is 1.74 bits per heavy atom. The predicted octanol–water partition coefficient (Wildman–Crippen LogP) is 1.95. The molecule has 0 saturated carbocycles. The molecule has 0 bridgehead atoms. The van der Waals surface area contributed by atoms with Gasteiger partial charge in [-0.25, -0.2) is 4.79 Å². The lowest BCUT2D eigenvalue weighted by Gasteiger charge is -2.42. The first-order chi connectivity index (χ1) is 10.4. The number of hydrogen-bond acceptors (Lipinski definition) is 7. The molecule has 1 unspecified atom stereocenters. The maximum absolute atomic E-state index is 12.2. The van der Waals surface area contributed by atoms with Gasteiger partial charge in [0.05, 0.1) is 0 Å². The highest BCUT2D eigenvalue weighted by Crippen LogP contribution is 2.42. The van der Waals surface area contributed by atoms with E-state index >= 15 is 0 Å². The van der Waals surface area contributed by atoms with Crippen molar-refractivity contribution in [1.29, 1.82) is 0 Å². The summed E-state index contributed by atoms with van der Waals surface area (Å²) in [5.41, 5.74) is 0. The monoisotopic (exact) mass is 346 g/mol. The molecule has 2 aliphatic rings. The van der Waals surface area contributed by atoms with Crippen molar-refractivity contribution in [3.8, 4) is 0 Å². The summed E-state index contributed by atoms with van der Waals surface area (Å²) in [5.74, 6) is -1.59. The molecule has 0 aliphatic carbocycles. The van der Waals surface area contributed by atoms with Crippen LogP contribution in [0.5, 0.6) is 0 Å². The van der Waals surface area contributed by atoms with Crippen LogP contribution in [0.15, 0.2) is 0 Å². The summed E-state index contributed by atoms with van der Waals surface area (Å²) < 4.78 is 28.0. The maximum atomic E-state index is 12.2. The second-order valence-electron chi connectivity index (χ2n) is 7.90. The third-order valence-corrected chi connectivity index (χ3v) is 9.05. The maximum Gasteiger partial charge on any atom is 0.352 e. The number of cyclic esters (lactones) is 1. The largest absolute Gasteiger partial charge is 0.450 e. The Morgan fingerprint density at radius 3 is 2.26 bits per heavy atom. The van der Waals surface area contributed by atoms with E-state index < -0.39 is 44.7 Å². The van der Waals surface area contributed by atoms with Gasteiger partial charge in [0.1, 0.15) is 6.10 Å². The summed E-state index contributed by atoms with van der Waals surface area (Å²) in [6, 6.07) is 0. The first kappa shape index (κ1) is 18.4. The quantitative estimate of drug-likeness (QED) is 0.437. The fourth-order valence-electron chi connectivity index (χ4n) is 2.40. The van der Waals surface area contributed by atoms with Gasteiger partial charge in [-0.15, -0.1) is 0 Å². The number of esters is 1. The fraction of sp³-hybridized carbons (Fsp3) is 0.867. The molecule has 7 nitrogen and oxygen atoms in total. The average Bonchev–Trinajstić information content (AvgIpc) is 2.68. The van der Waals surface area contributed by atoms with Crippen LogP contribution < -0.4 is 0 Å². The summed E-state index contributed by atoms with van der Waals surface area (Å²) in [7, 11) is -2.19. The van der Waals surface area contributed by atoms with Gasteiger partial charge in [0.15, 0.2) is 20.2 Å². The molecule has 0 aromatic heterocycles. The molecule has 2 heterocycles. The van der Waals surface area contributed by atoms with E-state index in [9.17, 15) is 9.59 Å². The zero-order valence-electron chi connectivity index (χ0n) is 14.7. The first-order valence-corrected chi connectivity index (χ1v) is 10.6. The predicted molar refractivity (Wildman–Crippen MR) is 82.9 cm³/mol. The summed E-state index contributed by atoms with van der Waals surface area (Å²) >= 11 is 0. The van der Waals surface area contributed by atoms with Crippen molar-refractivity contribution in [3.05, 3.63) is 0 Å². The number of carbonyl (C=O) groups is 2. The highest BCUT2D eigenvalue weighted by Gasteiger charge is 2.59. The van der Waals surface area contributed by atoms with E-state index in [0.717, 1.165) is 0 Å². The normalized spacial score (nSPS) is 33.8. The molecule has 2 rings (SSSR count). The zero-order chi connectivity index (χ0) is 17.6. The standard InChI is InChI=1S/C15H26O7Si/c1-14(2,3)23(6,7)22-13-11-9(20-15(4,5)21-11)10(18-8-16)12(17)19-13/h8-11,13H,1-7H3/t9-,10-,11-,13?/m0/s1. The van der Waals surface area contributed by atoms with Gasteiger partial charge in [-0.2, -0.15) is 0 Å². The van der Waals surface area contributed by atoms with Crippen molar-refractivity contribution in [3.63, 3.8) is 0 Å². The van der Waals surface area contributed by atoms with Crippen molar-refractivity contribution < 1.29 is 33.0 Å². The van der Waals surface area contributed by atoms with Crippen molar-refractivity contribution in [1.82, 2.24) is 0 Å². The third-order valence-electron chi connectivity index (χ3n) is 4.61. The Balaban J connectivity index is 2.25. The van der Waals surface area contributed by atoms with Crippen LogP contribution in [-0.4, -0.2) is 51.1 Å². The Bertz CT molecular complexity index is 483. The molecule has 0 N–H and O–H groups in total. The van der Waals surface area contributed by atoms with E-state index in [1.807, 2.05) is 0 Å². The van der Waals surface area contributed by atoms with Crippen molar-refractivity contribution in [2.24, 2.45) is 0 Å². The molecule has 0 aromatic carbocycles. The second-order valence-corrected chi connectivity index (χ2v) is 12.7. The van der Waals surface area contributed by atoms with Crippen molar-refractivity contribution >= 4 is 20.8 Å². The molecule has 132 valence electrons. The minimum atomic E-state index is -2.19. The van der Waals surface area contributed by atoms with Gasteiger partial charge in [0.25, 0.3) is 6.47 Å². The lowest BCUT2D eigenvalue weighted by molar-refractivity contribution is -0.222. The number of ether oxygens (including phenoxy) is 4. The summed E-state index contributed by atoms with van der Waals surface area (Å²) in [6.07, 6.45) is -3.40. The smallest absolute Gasteiger partial charge is 0.352 e. The Kier molecular flexibility index (Phi) is 4.66. The van der Waals surface area contributed by atoms with E-state index in [-0.39, 0.29) is 11.5 Å². The van der Waals surface area contributed by atoms with Gasteiger partial charge in [0.2, 0.25) is 12.4 Å². The van der Waals surface area contributed by atoms with Gasteiger partial charge >= 0.3 is 5.97 Å². The first-order valence-electron chi connectivity index (χ1n) is 7.71. The van der Waals surface area contributed by atoms with E-state index in [1.54, 1.807) is 13.8 Å². The third kappa shape index (κ3) is 3.60. The molecule has 8 heteroatoms. The van der Waals surface area contributed by atoms with E-state index in [0.29, 0.717) is 0 Å². The lowest BCUT2D eigenvalue weighted by atomic mass is 10.1. The minimum Gasteiger partial charge on any atom is -0.450 e. The van der Waals surface area contributed by atoms with Crippen LogP contribution in [0.4, 0.5) is 0 Å². The molecule has 2 saturated heterocycles. The Hall–Kier alpha value is -0.963. The van der Waals surface area contributed by atoms with Crippen LogP contribution in [0.25, 0.3) is 0 Å². The summed E-state index contributed by atoms with van der Waals surface area (Å²) in [5, 5.41) is -0.0555. The molecular formula is C15H26O7Si. The van der Waals surface area contributed by atoms with Crippen LogP contribution in [0, 0.1) is 0 Å². The number of fused-ring (bicyclic) bond motifs is 1. The van der Waals surface area contributed by atoms with Crippen LogP contribution in [0.3, 0.4) is 0 Å². The average molecular weight is 346 g/mol. The molecule has 0 aromatic rings. The van der Waals surface area contributed by atoms with Gasteiger partial charge in [-0.1, -0.05) is 20.8 Å². The van der Waals surface area contributed by atoms with Gasteiger partial charge in [0, 0.05) is 0 Å². The zero-order valence-corrected chi connectivity index (χ0v) is 15.7. The molecule has 2 fully saturated rings. The van der Waals surface area contributed by atoms with Crippen LogP contribution in [0.2, 0.25) is 18.1 Å². The number of carbonyl (C=O) groups excluding carboxylic acids is 2. The van der Waals surface area contributed by atoms with Gasteiger partial charge < -0.3 is 23.4 Å². The highest BCUT2D eigenvalue weighted by atomic mass is 28.4. The van der Waals surface area contributed by atoms with Gasteiger partial charge in [-0.05, 0) is 32.0 Å². The highest BCUT2D eigenvalue weighted by molar-refractivity contribution is 6.74. The van der Waals surface area contributed by atoms with E-state index in [1.165, 1.54) is 0 Å². The molecule has 0 amide bonds. The van der Waals surface area contributed by atoms with Crippen molar-refractivity contribution in [2.75, 3.05) is 0 Å². The topological polar surface area (TPSA) is 80.3 Å². The van der Waals surface area contributed by atoms with Crippen molar-refractivity contribution in [2.45, 2.75) is 83.1 Å². The van der Waals surface area contributed by atoms with E-state index in [2.05, 4.69) is 33.9 Å². The fourth-order valence-corrected chi connectivity index (χ4v) is 3.51. The molecule has 4 atom stereocenters. The molecule has 23 heavy (non-hydrogen) atoms. The van der Waals surface area contributed by atoms with E-state index in [4.69, 9.17) is 23.4 Å². The summed E-state index contributed by atoms with van der Waals surface area (Å²) in [6.45, 7) is 14.1. The Labute approximate surface area is 137 Å². The van der Waals surface area contributed by atoms with Gasteiger partial charge in [-0.3, -0.25) is 4.79 Å². The Morgan fingerprint density at radius 1 is 1.17 bits per heavy atom. The molecule has 2 aliphatic heterocycles. The minimum absolute atomic E-state index is 0.0555. The SMILES string of the molecule is CC1(C)O[C@H]2[C@H](OC=O)C(=O)OC(O[Si](C)(C)C(C)(C)C)[C@H]2O1. The molecule has 0 spiro atoms. The lowest BCUT2D eigenvalue weighted by Crippen LogP contribution is -2.59. The van der Waals surface area contributed by atoms with Crippen LogP contribution in [0.1, 0.15) is 34.6 Å². The molecule has 0 radical (unpaired) electrons. The number of rotatable bonds is 4. The van der Waals surface area contributed by atoms with Crippen LogP contribution >= 0.6 is 0 Å². The molecular weight excluding hydrogens is 320 g/mol. The second kappa shape index (κ2) is 5.84.